The van der Waals surface area contributed by atoms with Gasteiger partial charge in [0.25, 0.3) is 5.69 Å². The molecule has 0 N–H and O–H groups in total. The van der Waals surface area contributed by atoms with Crippen molar-refractivity contribution in [3.8, 4) is 5.75 Å². The SMILES string of the molecule is Cc1noc(C)c1COc1ccc(CC(=O)OCc2ccccc2[N+](=O)[O-])cc1. The van der Waals surface area contributed by atoms with Crippen molar-refractivity contribution in [3.05, 3.63) is 86.8 Å². The molecule has 0 aliphatic heterocycles. The van der Waals surface area contributed by atoms with Crippen molar-refractivity contribution in [1.29, 1.82) is 0 Å². The number of hydrogen-bond acceptors (Lipinski definition) is 7. The molecule has 0 aliphatic carbocycles. The molecule has 0 bridgehead atoms. The van der Waals surface area contributed by atoms with Crippen LogP contribution in [0.1, 0.15) is 28.1 Å². The first-order valence-corrected chi connectivity index (χ1v) is 8.95. The standard InChI is InChI=1S/C21H20N2O6/c1-14-19(15(2)29-22-14)13-27-18-9-7-16(8-10-18)11-21(24)28-12-17-5-3-4-6-20(17)23(25)26/h3-10H,11-13H2,1-2H3. The minimum absolute atomic E-state index is 0.0603. The molecular weight excluding hydrogens is 376 g/mol. The van der Waals surface area contributed by atoms with Gasteiger partial charge in [-0.1, -0.05) is 29.4 Å². The lowest BCUT2D eigenvalue weighted by Crippen LogP contribution is -2.09. The van der Waals surface area contributed by atoms with Crippen molar-refractivity contribution in [2.45, 2.75) is 33.5 Å². The molecule has 3 rings (SSSR count). The number of carbonyl (C=O) groups is 1. The Bertz CT molecular complexity index is 991. The summed E-state index contributed by atoms with van der Waals surface area (Å²) in [6, 6.07) is 13.3. The van der Waals surface area contributed by atoms with Crippen molar-refractivity contribution in [2.75, 3.05) is 0 Å². The van der Waals surface area contributed by atoms with E-state index in [9.17, 15) is 14.9 Å². The lowest BCUT2D eigenvalue weighted by Gasteiger charge is -2.08. The molecule has 1 heterocycles. The number of carbonyl (C=O) groups excluding carboxylic acids is 1. The number of ether oxygens (including phenoxy) is 2. The Balaban J connectivity index is 1.52. The lowest BCUT2D eigenvalue weighted by molar-refractivity contribution is -0.385. The highest BCUT2D eigenvalue weighted by Crippen LogP contribution is 2.20. The lowest BCUT2D eigenvalue weighted by atomic mass is 10.1. The van der Waals surface area contributed by atoms with E-state index >= 15 is 0 Å². The van der Waals surface area contributed by atoms with Gasteiger partial charge in [0.1, 0.15) is 24.7 Å². The summed E-state index contributed by atoms with van der Waals surface area (Å²) in [5.41, 5.74) is 2.74. The molecule has 0 fully saturated rings. The number of para-hydroxylation sites is 1. The monoisotopic (exact) mass is 396 g/mol. The van der Waals surface area contributed by atoms with Crippen LogP contribution in [0.4, 0.5) is 5.69 Å². The van der Waals surface area contributed by atoms with Gasteiger partial charge in [-0.25, -0.2) is 0 Å². The first-order chi connectivity index (χ1) is 13.9. The van der Waals surface area contributed by atoms with E-state index in [1.807, 2.05) is 13.8 Å². The molecule has 3 aromatic rings. The summed E-state index contributed by atoms with van der Waals surface area (Å²) in [4.78, 5) is 22.6. The fourth-order valence-corrected chi connectivity index (χ4v) is 2.75. The summed E-state index contributed by atoms with van der Waals surface area (Å²) >= 11 is 0. The predicted octanol–water partition coefficient (Wildman–Crippen LogP) is 4.06. The summed E-state index contributed by atoms with van der Waals surface area (Å²) in [6.45, 7) is 3.89. The molecule has 0 spiro atoms. The molecule has 0 amide bonds. The van der Waals surface area contributed by atoms with Crippen LogP contribution >= 0.6 is 0 Å². The Kier molecular flexibility index (Phi) is 6.23. The molecular formula is C21H20N2O6. The van der Waals surface area contributed by atoms with Gasteiger partial charge in [-0.2, -0.15) is 0 Å². The van der Waals surface area contributed by atoms with E-state index in [2.05, 4.69) is 5.16 Å². The van der Waals surface area contributed by atoms with E-state index in [-0.39, 0.29) is 18.7 Å². The van der Waals surface area contributed by atoms with E-state index in [0.717, 1.165) is 22.6 Å². The quantitative estimate of drug-likeness (QED) is 0.321. The van der Waals surface area contributed by atoms with E-state index in [4.69, 9.17) is 14.0 Å². The fraction of sp³-hybridized carbons (Fsp3) is 0.238. The third-order valence-electron chi connectivity index (χ3n) is 4.41. The number of aryl methyl sites for hydroxylation is 2. The molecule has 0 unspecified atom stereocenters. The van der Waals surface area contributed by atoms with Crippen LogP contribution < -0.4 is 4.74 Å². The zero-order chi connectivity index (χ0) is 20.8. The predicted molar refractivity (Wildman–Crippen MR) is 103 cm³/mol. The van der Waals surface area contributed by atoms with E-state index in [1.165, 1.54) is 6.07 Å². The molecule has 0 saturated heterocycles. The van der Waals surface area contributed by atoms with E-state index < -0.39 is 10.9 Å². The number of nitrogens with zero attached hydrogens (tertiary/aromatic N) is 2. The summed E-state index contributed by atoms with van der Waals surface area (Å²) in [5.74, 6) is 0.912. The van der Waals surface area contributed by atoms with Crippen LogP contribution in [0.3, 0.4) is 0 Å². The normalized spacial score (nSPS) is 10.6. The van der Waals surface area contributed by atoms with Crippen LogP contribution in [0, 0.1) is 24.0 Å². The first-order valence-electron chi connectivity index (χ1n) is 8.95. The highest BCUT2D eigenvalue weighted by molar-refractivity contribution is 5.72. The van der Waals surface area contributed by atoms with Gasteiger partial charge in [0.15, 0.2) is 0 Å². The second-order valence-corrected chi connectivity index (χ2v) is 6.46. The van der Waals surface area contributed by atoms with Crippen LogP contribution in [0.5, 0.6) is 5.75 Å². The Labute approximate surface area is 167 Å². The zero-order valence-electron chi connectivity index (χ0n) is 16.1. The Hall–Kier alpha value is -3.68. The van der Waals surface area contributed by atoms with Crippen molar-refractivity contribution in [2.24, 2.45) is 0 Å². The maximum absolute atomic E-state index is 12.1. The average molecular weight is 396 g/mol. The molecule has 0 radical (unpaired) electrons. The second-order valence-electron chi connectivity index (χ2n) is 6.46. The zero-order valence-corrected chi connectivity index (χ0v) is 16.1. The minimum atomic E-state index is -0.496. The first kappa shape index (κ1) is 20.1. The molecule has 2 aromatic carbocycles. The maximum atomic E-state index is 12.1. The van der Waals surface area contributed by atoms with Crippen LogP contribution in [-0.2, 0) is 29.2 Å². The Morgan fingerprint density at radius 3 is 2.48 bits per heavy atom. The molecule has 150 valence electrons. The maximum Gasteiger partial charge on any atom is 0.310 e. The molecule has 1 aromatic heterocycles. The molecule has 0 atom stereocenters. The average Bonchev–Trinajstić information content (AvgIpc) is 3.03. The topological polar surface area (TPSA) is 105 Å². The number of nitro groups is 1. The molecule has 8 heteroatoms. The van der Waals surface area contributed by atoms with Gasteiger partial charge in [0.2, 0.25) is 0 Å². The van der Waals surface area contributed by atoms with Crippen molar-refractivity contribution in [3.63, 3.8) is 0 Å². The molecule has 8 nitrogen and oxygen atoms in total. The molecule has 0 aliphatic rings. The van der Waals surface area contributed by atoms with Crippen LogP contribution in [0.25, 0.3) is 0 Å². The van der Waals surface area contributed by atoms with Gasteiger partial charge in [-0.15, -0.1) is 0 Å². The van der Waals surface area contributed by atoms with Crippen molar-refractivity contribution in [1.82, 2.24) is 5.16 Å². The largest absolute Gasteiger partial charge is 0.489 e. The van der Waals surface area contributed by atoms with Gasteiger partial charge in [0.05, 0.1) is 28.2 Å². The number of aromatic nitrogens is 1. The number of benzene rings is 2. The Morgan fingerprint density at radius 1 is 1.10 bits per heavy atom. The summed E-state index contributed by atoms with van der Waals surface area (Å²) < 4.78 is 16.0. The van der Waals surface area contributed by atoms with Gasteiger partial charge >= 0.3 is 5.97 Å². The summed E-state index contributed by atoms with van der Waals surface area (Å²) in [6.07, 6.45) is 0.0603. The summed E-state index contributed by atoms with van der Waals surface area (Å²) in [7, 11) is 0. The van der Waals surface area contributed by atoms with Crippen molar-refractivity contribution >= 4 is 11.7 Å². The van der Waals surface area contributed by atoms with Crippen LogP contribution in [0.2, 0.25) is 0 Å². The molecule has 0 saturated carbocycles. The Morgan fingerprint density at radius 2 is 1.83 bits per heavy atom. The smallest absolute Gasteiger partial charge is 0.310 e. The number of hydrogen-bond donors (Lipinski definition) is 0. The van der Waals surface area contributed by atoms with Crippen molar-refractivity contribution < 1.29 is 23.7 Å². The highest BCUT2D eigenvalue weighted by atomic mass is 16.6. The highest BCUT2D eigenvalue weighted by Gasteiger charge is 2.14. The van der Waals surface area contributed by atoms with Gasteiger partial charge in [-0.3, -0.25) is 14.9 Å². The van der Waals surface area contributed by atoms with Gasteiger partial charge in [0, 0.05) is 6.07 Å². The molecule has 29 heavy (non-hydrogen) atoms. The third kappa shape index (κ3) is 5.19. The van der Waals surface area contributed by atoms with Gasteiger partial charge in [-0.05, 0) is 37.6 Å². The fourth-order valence-electron chi connectivity index (χ4n) is 2.75. The number of esters is 1. The van der Waals surface area contributed by atoms with E-state index in [1.54, 1.807) is 42.5 Å². The number of nitro benzene ring substituents is 1. The second kappa shape index (κ2) is 9.01. The number of rotatable bonds is 8. The van der Waals surface area contributed by atoms with Crippen LogP contribution in [0.15, 0.2) is 53.1 Å². The van der Waals surface area contributed by atoms with Gasteiger partial charge < -0.3 is 14.0 Å². The van der Waals surface area contributed by atoms with Crippen LogP contribution in [-0.4, -0.2) is 16.0 Å². The summed E-state index contributed by atoms with van der Waals surface area (Å²) in [5, 5.41) is 14.9. The third-order valence-corrected chi connectivity index (χ3v) is 4.41. The van der Waals surface area contributed by atoms with E-state index in [0.29, 0.717) is 17.9 Å². The minimum Gasteiger partial charge on any atom is -0.489 e.